The number of halogens is 1. The maximum atomic E-state index is 12.0. The summed E-state index contributed by atoms with van der Waals surface area (Å²) < 4.78 is 5.53. The van der Waals surface area contributed by atoms with E-state index in [1.165, 1.54) is 0 Å². The Morgan fingerprint density at radius 2 is 2.14 bits per heavy atom. The van der Waals surface area contributed by atoms with Crippen molar-refractivity contribution in [2.24, 2.45) is 0 Å². The number of amides is 2. The molecule has 1 atom stereocenters. The lowest BCUT2D eigenvalue weighted by Crippen LogP contribution is -2.41. The van der Waals surface area contributed by atoms with Gasteiger partial charge in [0.2, 0.25) is 0 Å². The lowest BCUT2D eigenvalue weighted by atomic mass is 10.2. The van der Waals surface area contributed by atoms with E-state index in [0.29, 0.717) is 24.2 Å². The van der Waals surface area contributed by atoms with Gasteiger partial charge in [-0.05, 0) is 44.8 Å². The van der Waals surface area contributed by atoms with Crippen LogP contribution in [0.4, 0.5) is 4.79 Å². The number of rotatable bonds is 5. The molecule has 1 aromatic carbocycles. The molecule has 0 aliphatic carbocycles. The maximum Gasteiger partial charge on any atom is 0.317 e. The van der Waals surface area contributed by atoms with Crippen molar-refractivity contribution >= 4 is 17.6 Å². The number of likely N-dealkylation sites (tertiary alicyclic amines) is 1. The van der Waals surface area contributed by atoms with E-state index in [-0.39, 0.29) is 6.03 Å². The molecule has 0 saturated carbocycles. The highest BCUT2D eigenvalue weighted by atomic mass is 35.5. The van der Waals surface area contributed by atoms with Crippen molar-refractivity contribution in [2.75, 3.05) is 40.3 Å². The predicted molar refractivity (Wildman–Crippen MR) is 84.0 cm³/mol. The van der Waals surface area contributed by atoms with E-state index in [0.717, 1.165) is 25.3 Å². The van der Waals surface area contributed by atoms with E-state index < -0.39 is 0 Å². The van der Waals surface area contributed by atoms with E-state index in [1.54, 1.807) is 12.1 Å². The highest BCUT2D eigenvalue weighted by Gasteiger charge is 2.26. The topological polar surface area (TPSA) is 44.8 Å². The number of hydrogen-bond acceptors (Lipinski definition) is 3. The summed E-state index contributed by atoms with van der Waals surface area (Å²) in [6.45, 7) is 2.53. The fraction of sp³-hybridized carbons (Fsp3) is 0.533. The Morgan fingerprint density at radius 1 is 1.43 bits per heavy atom. The molecule has 1 heterocycles. The van der Waals surface area contributed by atoms with Crippen LogP contribution in [-0.2, 0) is 0 Å². The molecule has 0 aromatic heterocycles. The zero-order chi connectivity index (χ0) is 15.2. The van der Waals surface area contributed by atoms with Crippen molar-refractivity contribution in [2.45, 2.75) is 12.5 Å². The molecule has 5 nitrogen and oxygen atoms in total. The average molecular weight is 312 g/mol. The molecule has 6 heteroatoms. The SMILES string of the molecule is CN(C)[C@@H]1CCN(C(=O)NCCOc2ccc(Cl)cc2)C1. The highest BCUT2D eigenvalue weighted by Crippen LogP contribution is 2.15. The number of carbonyl (C=O) groups excluding carboxylic acids is 1. The normalized spacial score (nSPS) is 18.1. The first-order valence-corrected chi connectivity index (χ1v) is 7.51. The minimum absolute atomic E-state index is 0.0148. The van der Waals surface area contributed by atoms with Gasteiger partial charge >= 0.3 is 6.03 Å². The molecule has 1 N–H and O–H groups in total. The summed E-state index contributed by atoms with van der Waals surface area (Å²) >= 11 is 5.80. The number of ether oxygens (including phenoxy) is 1. The van der Waals surface area contributed by atoms with E-state index in [1.807, 2.05) is 31.1 Å². The number of carbonyl (C=O) groups is 1. The van der Waals surface area contributed by atoms with Gasteiger partial charge in [0.25, 0.3) is 0 Å². The summed E-state index contributed by atoms with van der Waals surface area (Å²) in [6, 6.07) is 7.63. The monoisotopic (exact) mass is 311 g/mol. The summed E-state index contributed by atoms with van der Waals surface area (Å²) in [5.41, 5.74) is 0. The smallest absolute Gasteiger partial charge is 0.317 e. The van der Waals surface area contributed by atoms with E-state index >= 15 is 0 Å². The van der Waals surface area contributed by atoms with Crippen LogP contribution in [0.1, 0.15) is 6.42 Å². The van der Waals surface area contributed by atoms with Crippen LogP contribution in [0.15, 0.2) is 24.3 Å². The summed E-state index contributed by atoms with van der Waals surface area (Å²) in [7, 11) is 4.10. The molecular formula is C15H22ClN3O2. The van der Waals surface area contributed by atoms with Crippen molar-refractivity contribution in [1.82, 2.24) is 15.1 Å². The van der Waals surface area contributed by atoms with Gasteiger partial charge < -0.3 is 19.9 Å². The van der Waals surface area contributed by atoms with Gasteiger partial charge in [0.1, 0.15) is 12.4 Å². The van der Waals surface area contributed by atoms with Crippen LogP contribution < -0.4 is 10.1 Å². The molecule has 0 bridgehead atoms. The average Bonchev–Trinajstić information content (AvgIpc) is 2.95. The van der Waals surface area contributed by atoms with Crippen LogP contribution in [0.25, 0.3) is 0 Å². The number of hydrogen-bond donors (Lipinski definition) is 1. The Bertz CT molecular complexity index is 464. The van der Waals surface area contributed by atoms with Crippen LogP contribution in [0.5, 0.6) is 5.75 Å². The lowest BCUT2D eigenvalue weighted by molar-refractivity contribution is 0.200. The van der Waals surface area contributed by atoms with Gasteiger partial charge in [-0.15, -0.1) is 0 Å². The van der Waals surface area contributed by atoms with Crippen molar-refractivity contribution in [1.29, 1.82) is 0 Å². The van der Waals surface area contributed by atoms with Crippen molar-refractivity contribution in [3.05, 3.63) is 29.3 Å². The summed E-state index contributed by atoms with van der Waals surface area (Å²) in [4.78, 5) is 16.0. The third-order valence-corrected chi connectivity index (χ3v) is 3.89. The zero-order valence-electron chi connectivity index (χ0n) is 12.5. The Morgan fingerprint density at radius 3 is 2.76 bits per heavy atom. The van der Waals surface area contributed by atoms with Crippen molar-refractivity contribution < 1.29 is 9.53 Å². The summed E-state index contributed by atoms with van der Waals surface area (Å²) in [5.74, 6) is 0.752. The molecule has 1 fully saturated rings. The zero-order valence-corrected chi connectivity index (χ0v) is 13.3. The van der Waals surface area contributed by atoms with E-state index in [4.69, 9.17) is 16.3 Å². The number of likely N-dealkylation sites (N-methyl/N-ethyl adjacent to an activating group) is 1. The Labute approximate surface area is 130 Å². The van der Waals surface area contributed by atoms with E-state index in [9.17, 15) is 4.79 Å². The number of nitrogens with zero attached hydrogens (tertiary/aromatic N) is 2. The predicted octanol–water partition coefficient (Wildman–Crippen LogP) is 2.06. The molecule has 1 aliphatic heterocycles. The standard InChI is InChI=1S/C15H22ClN3O2/c1-18(2)13-7-9-19(11-13)15(20)17-8-10-21-14-5-3-12(16)4-6-14/h3-6,13H,7-11H2,1-2H3,(H,17,20)/t13-/m1/s1. The van der Waals surface area contributed by atoms with E-state index in [2.05, 4.69) is 10.2 Å². The molecule has 0 radical (unpaired) electrons. The lowest BCUT2D eigenvalue weighted by Gasteiger charge is -2.20. The minimum Gasteiger partial charge on any atom is -0.492 e. The molecule has 0 spiro atoms. The number of benzene rings is 1. The van der Waals surface area contributed by atoms with Crippen LogP contribution in [0.3, 0.4) is 0 Å². The second kappa shape index (κ2) is 7.52. The fourth-order valence-corrected chi connectivity index (χ4v) is 2.44. The summed E-state index contributed by atoms with van der Waals surface area (Å²) in [5, 5.41) is 3.56. The fourth-order valence-electron chi connectivity index (χ4n) is 2.32. The number of urea groups is 1. The van der Waals surface area contributed by atoms with Crippen LogP contribution >= 0.6 is 11.6 Å². The van der Waals surface area contributed by atoms with Gasteiger partial charge in [-0.1, -0.05) is 11.6 Å². The first kappa shape index (κ1) is 15.9. The second-order valence-electron chi connectivity index (χ2n) is 5.39. The highest BCUT2D eigenvalue weighted by molar-refractivity contribution is 6.30. The third kappa shape index (κ3) is 4.79. The Kier molecular flexibility index (Phi) is 5.70. The van der Waals surface area contributed by atoms with Crippen LogP contribution in [-0.4, -0.2) is 62.2 Å². The van der Waals surface area contributed by atoms with Gasteiger partial charge in [0, 0.05) is 24.2 Å². The minimum atomic E-state index is -0.0148. The molecule has 1 aliphatic rings. The molecule has 2 rings (SSSR count). The Hall–Kier alpha value is -1.46. The van der Waals surface area contributed by atoms with Crippen LogP contribution in [0.2, 0.25) is 5.02 Å². The molecule has 0 unspecified atom stereocenters. The van der Waals surface area contributed by atoms with Gasteiger partial charge in [-0.3, -0.25) is 0 Å². The van der Waals surface area contributed by atoms with Crippen molar-refractivity contribution in [3.8, 4) is 5.75 Å². The molecule has 116 valence electrons. The van der Waals surface area contributed by atoms with Crippen LogP contribution in [0, 0.1) is 0 Å². The summed E-state index contributed by atoms with van der Waals surface area (Å²) in [6.07, 6.45) is 1.03. The van der Waals surface area contributed by atoms with Gasteiger partial charge in [-0.25, -0.2) is 4.79 Å². The molecular weight excluding hydrogens is 290 g/mol. The maximum absolute atomic E-state index is 12.0. The number of nitrogens with one attached hydrogen (secondary N) is 1. The van der Waals surface area contributed by atoms with Gasteiger partial charge in [-0.2, -0.15) is 0 Å². The first-order valence-electron chi connectivity index (χ1n) is 7.14. The van der Waals surface area contributed by atoms with Gasteiger partial charge in [0.15, 0.2) is 0 Å². The Balaban J connectivity index is 1.64. The molecule has 1 aromatic rings. The quantitative estimate of drug-likeness (QED) is 0.847. The molecule has 1 saturated heterocycles. The largest absolute Gasteiger partial charge is 0.492 e. The van der Waals surface area contributed by atoms with Crippen molar-refractivity contribution in [3.63, 3.8) is 0 Å². The first-order chi connectivity index (χ1) is 10.1. The second-order valence-corrected chi connectivity index (χ2v) is 5.82. The molecule has 2 amide bonds. The van der Waals surface area contributed by atoms with Gasteiger partial charge in [0.05, 0.1) is 6.54 Å². The molecule has 21 heavy (non-hydrogen) atoms. The third-order valence-electron chi connectivity index (χ3n) is 3.64.